The fourth-order valence-corrected chi connectivity index (χ4v) is 5.32. The summed E-state index contributed by atoms with van der Waals surface area (Å²) in [7, 11) is 0. The Morgan fingerprint density at radius 1 is 1.19 bits per heavy atom. The molecule has 0 unspecified atom stereocenters. The van der Waals surface area contributed by atoms with Crippen LogP contribution in [0, 0.1) is 0 Å². The number of ether oxygens (including phenoxy) is 1. The summed E-state index contributed by atoms with van der Waals surface area (Å²) in [5.41, 5.74) is 3.42. The normalized spacial score (nSPS) is 19.4. The number of aromatic nitrogens is 1. The van der Waals surface area contributed by atoms with Crippen molar-refractivity contribution >= 4 is 34.5 Å². The molecule has 0 N–H and O–H groups in total. The summed E-state index contributed by atoms with van der Waals surface area (Å²) in [6, 6.07) is 5.69. The van der Waals surface area contributed by atoms with E-state index >= 15 is 0 Å². The fourth-order valence-electron chi connectivity index (χ4n) is 4.96. The number of fused-ring (bicyclic) bond motifs is 2. The minimum absolute atomic E-state index is 0.0108. The monoisotopic (exact) mass is 441 g/mol. The Morgan fingerprint density at radius 3 is 2.77 bits per heavy atom. The molecule has 5 rings (SSSR count). The number of pyridine rings is 1. The van der Waals surface area contributed by atoms with Crippen molar-refractivity contribution in [3.63, 3.8) is 0 Å². The Hall–Kier alpha value is -2.34. The summed E-state index contributed by atoms with van der Waals surface area (Å²) in [6.45, 7) is 3.99. The van der Waals surface area contributed by atoms with Crippen LogP contribution in [-0.2, 0) is 17.6 Å². The van der Waals surface area contributed by atoms with Crippen LogP contribution in [0.2, 0.25) is 5.02 Å². The van der Waals surface area contributed by atoms with Gasteiger partial charge in [-0.3, -0.25) is 9.78 Å². The maximum absolute atomic E-state index is 13.5. The molecular weight excluding hydrogens is 414 g/mol. The number of hydrogen-bond acceptors (Lipinski definition) is 4. The lowest BCUT2D eigenvalue weighted by Crippen LogP contribution is -2.58. The van der Waals surface area contributed by atoms with Crippen LogP contribution in [0.3, 0.4) is 0 Å². The van der Waals surface area contributed by atoms with E-state index in [2.05, 4.69) is 0 Å². The molecule has 2 fully saturated rings. The summed E-state index contributed by atoms with van der Waals surface area (Å²) in [6.07, 6.45) is 6.58. The van der Waals surface area contributed by atoms with E-state index in [-0.39, 0.29) is 17.5 Å². The van der Waals surface area contributed by atoms with Crippen molar-refractivity contribution in [3.05, 3.63) is 40.0 Å². The number of hydrogen-bond donors (Lipinski definition) is 0. The Kier molecular flexibility index (Phi) is 5.29. The third-order valence-corrected chi connectivity index (χ3v) is 7.28. The second-order valence-electron chi connectivity index (χ2n) is 9.01. The summed E-state index contributed by atoms with van der Waals surface area (Å²) in [5, 5.41) is 1.71. The highest BCUT2D eigenvalue weighted by molar-refractivity contribution is 6.36. The lowest BCUT2D eigenvalue weighted by Gasteiger charge is -2.41. The molecule has 0 bridgehead atoms. The van der Waals surface area contributed by atoms with Crippen LogP contribution in [0.15, 0.2) is 18.2 Å². The first kappa shape index (κ1) is 20.6. The second kappa shape index (κ2) is 7.97. The Bertz CT molecular complexity index is 1050. The van der Waals surface area contributed by atoms with E-state index in [1.54, 1.807) is 4.90 Å². The van der Waals surface area contributed by atoms with E-state index in [9.17, 15) is 9.59 Å². The molecule has 7 heteroatoms. The molecule has 2 aliphatic carbocycles. The molecule has 0 radical (unpaired) electrons. The predicted octanol–water partition coefficient (Wildman–Crippen LogP) is 4.60. The molecule has 1 aromatic heterocycles. The van der Waals surface area contributed by atoms with E-state index in [1.165, 1.54) is 5.56 Å². The zero-order valence-corrected chi connectivity index (χ0v) is 18.7. The van der Waals surface area contributed by atoms with Crippen LogP contribution in [0.5, 0.6) is 0 Å². The first-order valence-electron chi connectivity index (χ1n) is 11.4. The second-order valence-corrected chi connectivity index (χ2v) is 9.39. The quantitative estimate of drug-likeness (QED) is 0.698. The molecule has 2 aromatic rings. The van der Waals surface area contributed by atoms with E-state index in [4.69, 9.17) is 21.3 Å². The molecule has 164 valence electrons. The zero-order chi connectivity index (χ0) is 21.6. The highest BCUT2D eigenvalue weighted by Gasteiger charge is 2.54. The first-order chi connectivity index (χ1) is 15.0. The van der Waals surface area contributed by atoms with Crippen LogP contribution in [0.25, 0.3) is 10.9 Å². The van der Waals surface area contributed by atoms with E-state index in [0.29, 0.717) is 31.8 Å². The summed E-state index contributed by atoms with van der Waals surface area (Å²) >= 11 is 6.69. The van der Waals surface area contributed by atoms with Gasteiger partial charge in [0.15, 0.2) is 0 Å². The highest BCUT2D eigenvalue weighted by Crippen LogP contribution is 2.45. The van der Waals surface area contributed by atoms with Crippen LogP contribution < -0.4 is 0 Å². The van der Waals surface area contributed by atoms with Gasteiger partial charge in [-0.25, -0.2) is 4.79 Å². The van der Waals surface area contributed by atoms with Crippen molar-refractivity contribution in [1.82, 2.24) is 14.8 Å². The standard InChI is InChI=1S/C24H28ClN3O3/c1-2-13-31-23(30)27-11-12-28(24(15-27)9-10-24)22(29)16-7-8-18-20(14-16)26-19-6-4-3-5-17(19)21(18)25/h7-8,14H,2-6,9-13,15H2,1H3. The number of nitrogens with zero attached hydrogens (tertiary/aromatic N) is 3. The van der Waals surface area contributed by atoms with Crippen LogP contribution >= 0.6 is 11.6 Å². The topological polar surface area (TPSA) is 62.7 Å². The van der Waals surface area contributed by atoms with Crippen LogP contribution in [-0.4, -0.2) is 58.6 Å². The van der Waals surface area contributed by atoms with Gasteiger partial charge in [0.25, 0.3) is 5.91 Å². The molecule has 1 saturated heterocycles. The van der Waals surface area contributed by atoms with Crippen molar-refractivity contribution in [2.45, 2.75) is 57.4 Å². The van der Waals surface area contributed by atoms with Gasteiger partial charge in [0, 0.05) is 36.3 Å². The minimum Gasteiger partial charge on any atom is -0.449 e. The SMILES string of the molecule is CCCOC(=O)N1CCN(C(=O)c2ccc3c(Cl)c4c(nc3c2)CCCC4)C2(CC2)C1. The zero-order valence-electron chi connectivity index (χ0n) is 18.0. The van der Waals surface area contributed by atoms with E-state index < -0.39 is 0 Å². The number of carbonyl (C=O) groups excluding carboxylic acids is 2. The Labute approximate surface area is 187 Å². The average Bonchev–Trinajstić information content (AvgIpc) is 3.56. The van der Waals surface area contributed by atoms with Crippen LogP contribution in [0.1, 0.15) is 60.6 Å². The molecular formula is C24H28ClN3O3. The molecule has 1 spiro atoms. The van der Waals surface area contributed by atoms with Gasteiger partial charge in [0.1, 0.15) is 0 Å². The highest BCUT2D eigenvalue weighted by atomic mass is 35.5. The largest absolute Gasteiger partial charge is 0.449 e. The van der Waals surface area contributed by atoms with Gasteiger partial charge in [-0.1, -0.05) is 24.6 Å². The predicted molar refractivity (Wildman–Crippen MR) is 120 cm³/mol. The summed E-state index contributed by atoms with van der Waals surface area (Å²) < 4.78 is 5.30. The fraction of sp³-hybridized carbons (Fsp3) is 0.542. The van der Waals surface area contributed by atoms with Crippen LogP contribution in [0.4, 0.5) is 4.79 Å². The number of aryl methyl sites for hydroxylation is 1. The molecule has 1 saturated carbocycles. The molecule has 31 heavy (non-hydrogen) atoms. The van der Waals surface area contributed by atoms with Gasteiger partial charge in [-0.2, -0.15) is 0 Å². The number of amides is 2. The lowest BCUT2D eigenvalue weighted by molar-refractivity contribution is 0.0319. The third kappa shape index (κ3) is 3.65. The van der Waals surface area contributed by atoms with Gasteiger partial charge in [0.2, 0.25) is 0 Å². The average molecular weight is 442 g/mol. The number of piperazine rings is 1. The van der Waals surface area contributed by atoms with Crippen molar-refractivity contribution in [1.29, 1.82) is 0 Å². The molecule has 3 aliphatic rings. The van der Waals surface area contributed by atoms with Crippen molar-refractivity contribution < 1.29 is 14.3 Å². The third-order valence-electron chi connectivity index (χ3n) is 6.85. The van der Waals surface area contributed by atoms with Crippen molar-refractivity contribution in [2.75, 3.05) is 26.2 Å². The smallest absolute Gasteiger partial charge is 0.409 e. The summed E-state index contributed by atoms with van der Waals surface area (Å²) in [5.74, 6) is 0.0108. The van der Waals surface area contributed by atoms with Crippen molar-refractivity contribution in [3.8, 4) is 0 Å². The maximum Gasteiger partial charge on any atom is 0.409 e. The van der Waals surface area contributed by atoms with Gasteiger partial charge < -0.3 is 14.5 Å². The maximum atomic E-state index is 13.5. The number of rotatable bonds is 3. The minimum atomic E-state index is -0.269. The van der Waals surface area contributed by atoms with E-state index in [1.807, 2.05) is 30.0 Å². The lowest BCUT2D eigenvalue weighted by atomic mass is 9.94. The molecule has 1 aliphatic heterocycles. The number of benzene rings is 1. The molecule has 2 heterocycles. The number of halogens is 1. The van der Waals surface area contributed by atoms with Crippen molar-refractivity contribution in [2.24, 2.45) is 0 Å². The van der Waals surface area contributed by atoms with Gasteiger partial charge in [-0.15, -0.1) is 0 Å². The van der Waals surface area contributed by atoms with Gasteiger partial charge in [-0.05, 0) is 62.6 Å². The molecule has 2 amide bonds. The van der Waals surface area contributed by atoms with Gasteiger partial charge >= 0.3 is 6.09 Å². The molecule has 6 nitrogen and oxygen atoms in total. The summed E-state index contributed by atoms with van der Waals surface area (Å²) in [4.78, 5) is 34.3. The molecule has 0 atom stereocenters. The molecule has 1 aromatic carbocycles. The van der Waals surface area contributed by atoms with Gasteiger partial charge in [0.05, 0.1) is 22.7 Å². The Balaban J connectivity index is 1.38. The first-order valence-corrected chi connectivity index (χ1v) is 11.7. The number of carbonyl (C=O) groups is 2. The van der Waals surface area contributed by atoms with E-state index in [0.717, 1.165) is 66.6 Å². The Morgan fingerprint density at radius 2 is 2.00 bits per heavy atom.